The normalized spacial score (nSPS) is 11.5. The van der Waals surface area contributed by atoms with E-state index in [2.05, 4.69) is 30.0 Å². The molecule has 0 spiro atoms. The molecule has 0 atom stereocenters. The van der Waals surface area contributed by atoms with Crippen molar-refractivity contribution in [2.75, 3.05) is 5.32 Å². The molecule has 4 aromatic rings. The minimum absolute atomic E-state index is 0.0299. The average molecular weight is 431 g/mol. The molecule has 0 saturated carbocycles. The monoisotopic (exact) mass is 431 g/mol. The zero-order chi connectivity index (χ0) is 22.0. The lowest BCUT2D eigenvalue weighted by Gasteiger charge is -2.10. The summed E-state index contributed by atoms with van der Waals surface area (Å²) < 4.78 is 42.5. The van der Waals surface area contributed by atoms with Crippen molar-refractivity contribution < 1.29 is 22.8 Å². The van der Waals surface area contributed by atoms with Crippen LogP contribution in [-0.2, 0) is 6.54 Å². The molecule has 0 aliphatic heterocycles. The topological polar surface area (TPSA) is 121 Å². The van der Waals surface area contributed by atoms with Crippen LogP contribution in [0.2, 0.25) is 0 Å². The van der Waals surface area contributed by atoms with Crippen LogP contribution in [0.4, 0.5) is 24.7 Å². The summed E-state index contributed by atoms with van der Waals surface area (Å²) in [6.45, 7) is 0.230. The smallest absolute Gasteiger partial charge is 0.406 e. The lowest BCUT2D eigenvalue weighted by molar-refractivity contribution is -0.384. The third-order valence-electron chi connectivity index (χ3n) is 4.10. The molecule has 31 heavy (non-hydrogen) atoms. The van der Waals surface area contributed by atoms with Gasteiger partial charge >= 0.3 is 12.0 Å². The number of fused-ring (bicyclic) bond motifs is 1. The molecule has 10 nitrogen and oxygen atoms in total. The standard InChI is InChI=1S/C18H12F3N7O3/c19-18(20,21)31-12-3-4-14-13(6-12)25-10-27(14)17-24-9-15(28(29)30)16(26-17)23-8-11-2-1-5-22-7-11/h1-7,9-10H,8H2,(H,23,24,26). The lowest BCUT2D eigenvalue weighted by atomic mass is 10.3. The molecule has 0 bridgehead atoms. The van der Waals surface area contributed by atoms with Gasteiger partial charge in [0.15, 0.2) is 0 Å². The van der Waals surface area contributed by atoms with E-state index in [1.54, 1.807) is 24.5 Å². The lowest BCUT2D eigenvalue weighted by Crippen LogP contribution is -2.17. The third kappa shape index (κ3) is 4.49. The third-order valence-corrected chi connectivity index (χ3v) is 4.10. The van der Waals surface area contributed by atoms with Crippen molar-refractivity contribution in [3.8, 4) is 11.7 Å². The molecule has 1 N–H and O–H groups in total. The molecular formula is C18H12F3N7O3. The number of aromatic nitrogens is 5. The second-order valence-electron chi connectivity index (χ2n) is 6.19. The van der Waals surface area contributed by atoms with Gasteiger partial charge in [0.1, 0.15) is 18.3 Å². The highest BCUT2D eigenvalue weighted by Crippen LogP contribution is 2.28. The van der Waals surface area contributed by atoms with Gasteiger partial charge in [0, 0.05) is 25.0 Å². The Kier molecular flexibility index (Phi) is 5.07. The fraction of sp³-hybridized carbons (Fsp3) is 0.111. The molecule has 13 heteroatoms. The number of hydrogen-bond donors (Lipinski definition) is 1. The molecule has 0 unspecified atom stereocenters. The molecule has 0 amide bonds. The van der Waals surface area contributed by atoms with E-state index in [-0.39, 0.29) is 29.5 Å². The number of anilines is 1. The van der Waals surface area contributed by atoms with Gasteiger partial charge in [-0.05, 0) is 23.8 Å². The summed E-state index contributed by atoms with van der Waals surface area (Å²) in [5, 5.41) is 14.2. The Morgan fingerprint density at radius 1 is 1.19 bits per heavy atom. The summed E-state index contributed by atoms with van der Waals surface area (Å²) in [6, 6.07) is 7.12. The van der Waals surface area contributed by atoms with Gasteiger partial charge in [-0.1, -0.05) is 6.07 Å². The average Bonchev–Trinajstić information content (AvgIpc) is 3.14. The van der Waals surface area contributed by atoms with Gasteiger partial charge < -0.3 is 10.1 Å². The Hall–Kier alpha value is -4.29. The summed E-state index contributed by atoms with van der Waals surface area (Å²) in [4.78, 5) is 26.9. The molecule has 0 aliphatic carbocycles. The highest BCUT2D eigenvalue weighted by Gasteiger charge is 2.31. The van der Waals surface area contributed by atoms with Crippen LogP contribution in [0.15, 0.2) is 55.2 Å². The number of nitrogens with zero attached hydrogens (tertiary/aromatic N) is 6. The molecule has 3 aromatic heterocycles. The van der Waals surface area contributed by atoms with E-state index < -0.39 is 17.0 Å². The number of imidazole rings is 1. The minimum Gasteiger partial charge on any atom is -0.406 e. The van der Waals surface area contributed by atoms with Crippen LogP contribution in [0, 0.1) is 10.1 Å². The Bertz CT molecular complexity index is 1250. The van der Waals surface area contributed by atoms with E-state index in [0.717, 1.165) is 23.9 Å². The molecule has 0 aliphatic rings. The Morgan fingerprint density at radius 2 is 2.03 bits per heavy atom. The van der Waals surface area contributed by atoms with E-state index in [9.17, 15) is 23.3 Å². The number of alkyl halides is 3. The maximum absolute atomic E-state index is 12.4. The van der Waals surface area contributed by atoms with Crippen molar-refractivity contribution in [3.05, 3.63) is 70.9 Å². The molecular weight excluding hydrogens is 419 g/mol. The van der Waals surface area contributed by atoms with Crippen LogP contribution < -0.4 is 10.1 Å². The molecule has 0 fully saturated rings. The summed E-state index contributed by atoms with van der Waals surface area (Å²) in [5.74, 6) is -0.405. The molecule has 1 aromatic carbocycles. The Morgan fingerprint density at radius 3 is 2.74 bits per heavy atom. The quantitative estimate of drug-likeness (QED) is 0.363. The van der Waals surface area contributed by atoms with Crippen molar-refractivity contribution in [2.45, 2.75) is 12.9 Å². The van der Waals surface area contributed by atoms with Crippen LogP contribution in [0.3, 0.4) is 0 Å². The van der Waals surface area contributed by atoms with E-state index in [0.29, 0.717) is 5.52 Å². The van der Waals surface area contributed by atoms with Gasteiger partial charge in [-0.25, -0.2) is 9.97 Å². The number of nitro groups is 1. The number of benzene rings is 1. The molecule has 158 valence electrons. The van der Waals surface area contributed by atoms with Crippen LogP contribution in [0.5, 0.6) is 5.75 Å². The van der Waals surface area contributed by atoms with E-state index in [1.807, 2.05) is 0 Å². The minimum atomic E-state index is -4.83. The van der Waals surface area contributed by atoms with Gasteiger partial charge in [0.2, 0.25) is 11.8 Å². The summed E-state index contributed by atoms with van der Waals surface area (Å²) in [6.07, 6.45) is 0.719. The zero-order valence-corrected chi connectivity index (χ0v) is 15.4. The highest BCUT2D eigenvalue weighted by molar-refractivity contribution is 5.78. The van der Waals surface area contributed by atoms with E-state index in [4.69, 9.17) is 0 Å². The first-order valence-corrected chi connectivity index (χ1v) is 8.67. The van der Waals surface area contributed by atoms with Crippen molar-refractivity contribution in [1.29, 1.82) is 0 Å². The highest BCUT2D eigenvalue weighted by atomic mass is 19.4. The van der Waals surface area contributed by atoms with Gasteiger partial charge in [-0.2, -0.15) is 4.98 Å². The second-order valence-corrected chi connectivity index (χ2v) is 6.19. The van der Waals surface area contributed by atoms with Gasteiger partial charge in [0.05, 0.1) is 16.0 Å². The molecule has 3 heterocycles. The van der Waals surface area contributed by atoms with Crippen molar-refractivity contribution in [3.63, 3.8) is 0 Å². The number of nitrogens with one attached hydrogen (secondary N) is 1. The van der Waals surface area contributed by atoms with E-state index >= 15 is 0 Å². The summed E-state index contributed by atoms with van der Waals surface area (Å²) >= 11 is 0. The predicted molar refractivity (Wildman–Crippen MR) is 102 cm³/mol. The first-order chi connectivity index (χ1) is 14.8. The first-order valence-electron chi connectivity index (χ1n) is 8.67. The van der Waals surface area contributed by atoms with Gasteiger partial charge in [-0.15, -0.1) is 13.2 Å². The molecule has 0 saturated heterocycles. The van der Waals surface area contributed by atoms with Crippen molar-refractivity contribution >= 4 is 22.5 Å². The largest absolute Gasteiger partial charge is 0.573 e. The van der Waals surface area contributed by atoms with Crippen LogP contribution in [0.25, 0.3) is 17.0 Å². The number of pyridine rings is 1. The van der Waals surface area contributed by atoms with Crippen LogP contribution in [-0.4, -0.2) is 35.8 Å². The second kappa shape index (κ2) is 7.85. The Balaban J connectivity index is 1.67. The number of hydrogen-bond acceptors (Lipinski definition) is 8. The maximum Gasteiger partial charge on any atom is 0.573 e. The first kappa shape index (κ1) is 20.0. The number of halogens is 3. The fourth-order valence-corrected chi connectivity index (χ4v) is 2.78. The van der Waals surface area contributed by atoms with Crippen LogP contribution in [0.1, 0.15) is 5.56 Å². The maximum atomic E-state index is 12.4. The number of rotatable bonds is 6. The van der Waals surface area contributed by atoms with Crippen LogP contribution >= 0.6 is 0 Å². The summed E-state index contributed by atoms with van der Waals surface area (Å²) in [5.41, 5.74) is 1.04. The molecule has 4 rings (SSSR count). The fourth-order valence-electron chi connectivity index (χ4n) is 2.78. The Labute approximate surface area is 171 Å². The van der Waals surface area contributed by atoms with Crippen molar-refractivity contribution in [2.24, 2.45) is 0 Å². The van der Waals surface area contributed by atoms with Gasteiger partial charge in [-0.3, -0.25) is 19.7 Å². The van der Waals surface area contributed by atoms with E-state index in [1.165, 1.54) is 17.0 Å². The van der Waals surface area contributed by atoms with Gasteiger partial charge in [0.25, 0.3) is 0 Å². The molecule has 0 radical (unpaired) electrons. The predicted octanol–water partition coefficient (Wildman–Crippen LogP) is 3.63. The summed E-state index contributed by atoms with van der Waals surface area (Å²) in [7, 11) is 0. The number of ether oxygens (including phenoxy) is 1. The SMILES string of the molecule is O=[N+]([O-])c1cnc(-n2cnc3cc(OC(F)(F)F)ccc32)nc1NCc1cccnc1. The zero-order valence-electron chi connectivity index (χ0n) is 15.4. The van der Waals surface area contributed by atoms with Crippen molar-refractivity contribution in [1.82, 2.24) is 24.5 Å².